The quantitative estimate of drug-likeness (QED) is 0.478. The maximum Gasteiger partial charge on any atom is 0.316 e. The zero-order chi connectivity index (χ0) is 8.27. The van der Waals surface area contributed by atoms with Gasteiger partial charge in [0.05, 0.1) is 0 Å². The number of carbonyl (C=O) groups is 1. The van der Waals surface area contributed by atoms with Crippen molar-refractivity contribution in [2.45, 2.75) is 18.9 Å². The highest BCUT2D eigenvalue weighted by molar-refractivity contribution is 6.62. The van der Waals surface area contributed by atoms with Gasteiger partial charge < -0.3 is 10.2 Å². The van der Waals surface area contributed by atoms with Gasteiger partial charge in [-0.1, -0.05) is 0 Å². The molecule has 1 amide bonds. The lowest BCUT2D eigenvalue weighted by Gasteiger charge is -2.29. The topological polar surface area (TPSA) is 32.3 Å². The maximum absolute atomic E-state index is 10.7. The van der Waals surface area contributed by atoms with Gasteiger partial charge in [-0.05, 0) is 37.5 Å². The van der Waals surface area contributed by atoms with Crippen molar-refractivity contribution in [3.05, 3.63) is 0 Å². The summed E-state index contributed by atoms with van der Waals surface area (Å²) in [6, 6.07) is 0.334. The largest absolute Gasteiger partial charge is 0.329 e. The summed E-state index contributed by atoms with van der Waals surface area (Å²) in [5, 5.41) is 2.88. The Morgan fingerprint density at radius 1 is 1.55 bits per heavy atom. The third-order valence-electron chi connectivity index (χ3n) is 2.13. The van der Waals surface area contributed by atoms with Crippen LogP contribution in [-0.4, -0.2) is 36.4 Å². The van der Waals surface area contributed by atoms with E-state index in [0.717, 1.165) is 25.9 Å². The molecule has 0 atom stereocenters. The van der Waals surface area contributed by atoms with Crippen LogP contribution in [0.25, 0.3) is 0 Å². The van der Waals surface area contributed by atoms with E-state index < -0.39 is 0 Å². The highest BCUT2D eigenvalue weighted by atomic mass is 35.5. The molecule has 1 N–H and O–H groups in total. The van der Waals surface area contributed by atoms with E-state index in [0.29, 0.717) is 6.04 Å². The predicted octanol–water partition coefficient (Wildman–Crippen LogP) is 1.03. The molecule has 1 aliphatic heterocycles. The molecule has 64 valence electrons. The lowest BCUT2D eigenvalue weighted by Crippen LogP contribution is -2.42. The van der Waals surface area contributed by atoms with Gasteiger partial charge in [0.2, 0.25) is 0 Å². The molecule has 0 aromatic carbocycles. The average Bonchev–Trinajstić information content (AvgIpc) is 2.05. The highest BCUT2D eigenvalue weighted by Gasteiger charge is 2.19. The van der Waals surface area contributed by atoms with Crippen molar-refractivity contribution in [2.75, 3.05) is 20.1 Å². The number of rotatable bonds is 1. The monoisotopic (exact) mass is 176 g/mol. The number of hydrogen-bond donors (Lipinski definition) is 1. The van der Waals surface area contributed by atoms with Gasteiger partial charge >= 0.3 is 5.37 Å². The molecule has 0 bridgehead atoms. The number of hydrogen-bond acceptors (Lipinski definition) is 2. The summed E-state index contributed by atoms with van der Waals surface area (Å²) in [6.07, 6.45) is 2.02. The second-order valence-electron chi connectivity index (χ2n) is 2.85. The minimum atomic E-state index is -0.350. The number of piperidine rings is 1. The zero-order valence-electron chi connectivity index (χ0n) is 6.64. The molecule has 1 fully saturated rings. The van der Waals surface area contributed by atoms with Gasteiger partial charge in [-0.25, -0.2) is 0 Å². The molecule has 0 aliphatic carbocycles. The van der Waals surface area contributed by atoms with Crippen molar-refractivity contribution in [1.29, 1.82) is 0 Å². The number of amides is 1. The second-order valence-corrected chi connectivity index (χ2v) is 3.17. The van der Waals surface area contributed by atoms with Gasteiger partial charge in [-0.15, -0.1) is 0 Å². The summed E-state index contributed by atoms with van der Waals surface area (Å²) in [5.74, 6) is 0. The van der Waals surface area contributed by atoms with Crippen molar-refractivity contribution >= 4 is 17.0 Å². The van der Waals surface area contributed by atoms with Crippen LogP contribution in [0, 0.1) is 0 Å². The van der Waals surface area contributed by atoms with Crippen molar-refractivity contribution in [3.8, 4) is 0 Å². The molecular formula is C7H13ClN2O. The predicted molar refractivity (Wildman–Crippen MR) is 44.9 cm³/mol. The standard InChI is InChI=1S/C7H13ClN2O/c1-10(7(8)11)6-2-4-9-5-3-6/h6,9H,2-5H2,1H3. The van der Waals surface area contributed by atoms with Crippen LogP contribution in [0.2, 0.25) is 0 Å². The lowest BCUT2D eigenvalue weighted by molar-refractivity contribution is 0.199. The summed E-state index contributed by atoms with van der Waals surface area (Å²) < 4.78 is 0. The molecule has 1 saturated heterocycles. The number of nitrogens with one attached hydrogen (secondary N) is 1. The van der Waals surface area contributed by atoms with Crippen LogP contribution in [0.1, 0.15) is 12.8 Å². The van der Waals surface area contributed by atoms with Crippen molar-refractivity contribution in [1.82, 2.24) is 10.2 Å². The van der Waals surface area contributed by atoms with Crippen LogP contribution < -0.4 is 5.32 Å². The fourth-order valence-electron chi connectivity index (χ4n) is 1.34. The summed E-state index contributed by atoms with van der Waals surface area (Å²) in [6.45, 7) is 1.97. The Bertz CT molecular complexity index is 145. The molecule has 1 heterocycles. The number of halogens is 1. The van der Waals surface area contributed by atoms with Crippen LogP contribution in [0.4, 0.5) is 4.79 Å². The molecule has 0 radical (unpaired) electrons. The van der Waals surface area contributed by atoms with Gasteiger partial charge in [0.15, 0.2) is 0 Å². The Balaban J connectivity index is 2.38. The average molecular weight is 177 g/mol. The van der Waals surface area contributed by atoms with Crippen LogP contribution in [0.5, 0.6) is 0 Å². The van der Waals surface area contributed by atoms with E-state index >= 15 is 0 Å². The third kappa shape index (κ3) is 2.34. The molecule has 0 aromatic heterocycles. The highest BCUT2D eigenvalue weighted by Crippen LogP contribution is 2.11. The first-order valence-electron chi connectivity index (χ1n) is 3.85. The van der Waals surface area contributed by atoms with Gasteiger partial charge in [-0.2, -0.15) is 0 Å². The van der Waals surface area contributed by atoms with Crippen molar-refractivity contribution in [3.63, 3.8) is 0 Å². The maximum atomic E-state index is 10.7. The van der Waals surface area contributed by atoms with E-state index in [-0.39, 0.29) is 5.37 Å². The van der Waals surface area contributed by atoms with E-state index in [2.05, 4.69) is 5.32 Å². The van der Waals surface area contributed by atoms with Crippen molar-refractivity contribution < 1.29 is 4.79 Å². The van der Waals surface area contributed by atoms with E-state index in [1.165, 1.54) is 0 Å². The molecule has 0 aromatic rings. The van der Waals surface area contributed by atoms with E-state index in [1.54, 1.807) is 11.9 Å². The normalized spacial score (nSPS) is 19.8. The van der Waals surface area contributed by atoms with Crippen LogP contribution in [0.3, 0.4) is 0 Å². The first kappa shape index (κ1) is 8.81. The molecule has 1 aliphatic rings. The third-order valence-corrected chi connectivity index (χ3v) is 2.40. The molecule has 4 heteroatoms. The second kappa shape index (κ2) is 3.93. The van der Waals surface area contributed by atoms with Crippen LogP contribution in [-0.2, 0) is 0 Å². The summed E-state index contributed by atoms with van der Waals surface area (Å²) in [5.41, 5.74) is 0. The minimum absolute atomic E-state index is 0.334. The lowest BCUT2D eigenvalue weighted by atomic mass is 10.1. The fourth-order valence-corrected chi connectivity index (χ4v) is 1.48. The van der Waals surface area contributed by atoms with Gasteiger partial charge in [0.25, 0.3) is 0 Å². The van der Waals surface area contributed by atoms with E-state index in [1.807, 2.05) is 0 Å². The molecule has 0 saturated carbocycles. The minimum Gasteiger partial charge on any atom is -0.329 e. The molecule has 0 unspecified atom stereocenters. The Labute approximate surface area is 71.7 Å². The Morgan fingerprint density at radius 3 is 2.55 bits per heavy atom. The van der Waals surface area contributed by atoms with Crippen LogP contribution in [0.15, 0.2) is 0 Å². The first-order chi connectivity index (χ1) is 5.22. The first-order valence-corrected chi connectivity index (χ1v) is 4.22. The number of carbonyl (C=O) groups excluding carboxylic acids is 1. The summed E-state index contributed by atoms with van der Waals surface area (Å²) >= 11 is 5.33. The molecule has 11 heavy (non-hydrogen) atoms. The number of nitrogens with zero attached hydrogens (tertiary/aromatic N) is 1. The Morgan fingerprint density at radius 2 is 2.09 bits per heavy atom. The van der Waals surface area contributed by atoms with Gasteiger partial charge in [0.1, 0.15) is 0 Å². The summed E-state index contributed by atoms with van der Waals surface area (Å²) in [7, 11) is 1.76. The van der Waals surface area contributed by atoms with Crippen molar-refractivity contribution in [2.24, 2.45) is 0 Å². The molecule has 3 nitrogen and oxygen atoms in total. The van der Waals surface area contributed by atoms with Gasteiger partial charge in [0, 0.05) is 13.1 Å². The Hall–Kier alpha value is -0.280. The summed E-state index contributed by atoms with van der Waals surface area (Å²) in [4.78, 5) is 12.3. The van der Waals surface area contributed by atoms with E-state index in [4.69, 9.17) is 11.6 Å². The smallest absolute Gasteiger partial charge is 0.316 e. The van der Waals surface area contributed by atoms with E-state index in [9.17, 15) is 4.79 Å². The molecule has 0 spiro atoms. The fraction of sp³-hybridized carbons (Fsp3) is 0.857. The Kier molecular flexibility index (Phi) is 3.15. The molecular weight excluding hydrogens is 164 g/mol. The van der Waals surface area contributed by atoms with Crippen LogP contribution >= 0.6 is 11.6 Å². The SMILES string of the molecule is CN(C(=O)Cl)C1CCNCC1. The molecule has 1 rings (SSSR count). The zero-order valence-corrected chi connectivity index (χ0v) is 7.40. The van der Waals surface area contributed by atoms with Gasteiger partial charge in [-0.3, -0.25) is 4.79 Å².